The van der Waals surface area contributed by atoms with Gasteiger partial charge in [-0.05, 0) is 98.1 Å². The van der Waals surface area contributed by atoms with Gasteiger partial charge in [-0.2, -0.15) is 0 Å². The van der Waals surface area contributed by atoms with Gasteiger partial charge in [0, 0.05) is 80.3 Å². The number of carbonyl (C=O) groups is 8. The molecule has 7 N–H and O–H groups in total. The largest absolute Gasteiger partial charge is 0.464 e. The van der Waals surface area contributed by atoms with Crippen LogP contribution in [0.15, 0.2) is 147 Å². The number of hydrogen-bond donors (Lipinski definition) is 6. The second-order valence-corrected chi connectivity index (χ2v) is 16.9. The van der Waals surface area contributed by atoms with Crippen LogP contribution in [0.4, 0.5) is 17.1 Å². The number of nitrogen functional groups attached to an aromatic ring is 1. The highest BCUT2D eigenvalue weighted by Gasteiger charge is 2.33. The minimum absolute atomic E-state index is 0.212. The molecule has 70 heavy (non-hydrogen) atoms. The lowest BCUT2D eigenvalue weighted by molar-refractivity contribution is -0.135. The van der Waals surface area contributed by atoms with E-state index in [4.69, 9.17) is 19.0 Å². The molecule has 3 atom stereocenters. The van der Waals surface area contributed by atoms with Crippen molar-refractivity contribution in [2.75, 3.05) is 16.4 Å². The molecule has 3 fully saturated rings. The molecular weight excluding hydrogens is 897 g/mol. The molecule has 3 aliphatic heterocycles. The van der Waals surface area contributed by atoms with Crippen molar-refractivity contribution < 1.29 is 51.6 Å². The number of amides is 8. The SMILES string of the molecule is Nc1ccc2occ(C3CCC(=O)NC3=O)c2c1.O=C1CCC(c2coc3ccc(NC(=O)c4ccccc4)cc23)C(=O)N1.O=C1CCC(c2coc3ccc(NC(=O)c4ccccc4)cc23)C(=O)N1. The van der Waals surface area contributed by atoms with Crippen molar-refractivity contribution in [2.24, 2.45) is 0 Å². The molecule has 0 spiro atoms. The smallest absolute Gasteiger partial charge is 0.255 e. The maximum atomic E-state index is 12.3. The van der Waals surface area contributed by atoms with Crippen molar-refractivity contribution in [3.05, 3.63) is 162 Å². The number of furan rings is 3. The predicted octanol–water partition coefficient (Wildman–Crippen LogP) is 7.95. The Labute approximate surface area is 398 Å². The Kier molecular flexibility index (Phi) is 13.1. The third-order valence-corrected chi connectivity index (χ3v) is 12.3. The van der Waals surface area contributed by atoms with Crippen LogP contribution in [-0.4, -0.2) is 47.3 Å². The Morgan fingerprint density at radius 1 is 0.457 bits per heavy atom. The molecule has 17 nitrogen and oxygen atoms in total. The lowest BCUT2D eigenvalue weighted by Gasteiger charge is -2.19. The van der Waals surface area contributed by atoms with Crippen LogP contribution in [0.5, 0.6) is 0 Å². The van der Waals surface area contributed by atoms with Crippen molar-refractivity contribution in [2.45, 2.75) is 56.3 Å². The number of carbonyl (C=O) groups excluding carboxylic acids is 8. The van der Waals surface area contributed by atoms with Crippen LogP contribution in [0.3, 0.4) is 0 Å². The van der Waals surface area contributed by atoms with E-state index in [2.05, 4.69) is 26.6 Å². The van der Waals surface area contributed by atoms with Crippen LogP contribution in [0.1, 0.15) is 93.7 Å². The molecule has 0 aliphatic carbocycles. The molecule has 3 saturated heterocycles. The third-order valence-electron chi connectivity index (χ3n) is 12.3. The molecule has 3 aliphatic rings. The third kappa shape index (κ3) is 10.1. The first-order chi connectivity index (χ1) is 33.9. The number of fused-ring (bicyclic) bond motifs is 3. The highest BCUT2D eigenvalue weighted by atomic mass is 16.3. The fraction of sp³-hybridized carbons (Fsp3) is 0.170. The van der Waals surface area contributed by atoms with Crippen molar-refractivity contribution >= 4 is 97.2 Å². The summed E-state index contributed by atoms with van der Waals surface area (Å²) in [6.45, 7) is 0. The molecular formula is C53H44N6O11. The summed E-state index contributed by atoms with van der Waals surface area (Å²) in [6.07, 6.45) is 7.02. The van der Waals surface area contributed by atoms with Crippen LogP contribution in [-0.2, 0) is 28.8 Å². The van der Waals surface area contributed by atoms with Gasteiger partial charge >= 0.3 is 0 Å². The summed E-state index contributed by atoms with van der Waals surface area (Å²) in [6, 6.07) is 33.8. The van der Waals surface area contributed by atoms with E-state index in [1.54, 1.807) is 122 Å². The zero-order valence-corrected chi connectivity index (χ0v) is 37.2. The van der Waals surface area contributed by atoms with E-state index in [1.165, 1.54) is 0 Å². The second-order valence-electron chi connectivity index (χ2n) is 16.9. The molecule has 5 aromatic carbocycles. The Morgan fingerprint density at radius 3 is 1.16 bits per heavy atom. The van der Waals surface area contributed by atoms with E-state index in [1.807, 2.05) is 12.1 Å². The summed E-state index contributed by atoms with van der Waals surface area (Å²) >= 11 is 0. The van der Waals surface area contributed by atoms with E-state index in [9.17, 15) is 38.4 Å². The Morgan fingerprint density at radius 2 is 0.800 bits per heavy atom. The van der Waals surface area contributed by atoms with Crippen LogP contribution in [0, 0.1) is 0 Å². The molecule has 0 bridgehead atoms. The number of anilines is 3. The van der Waals surface area contributed by atoms with E-state index in [0.717, 1.165) is 32.8 Å². The van der Waals surface area contributed by atoms with Crippen molar-refractivity contribution in [3.8, 4) is 0 Å². The normalized spacial score (nSPS) is 17.9. The highest BCUT2D eigenvalue weighted by Crippen LogP contribution is 2.36. The Balaban J connectivity index is 0.000000133. The van der Waals surface area contributed by atoms with E-state index in [-0.39, 0.29) is 53.2 Å². The second kappa shape index (κ2) is 20.0. The topological polar surface area (TPSA) is 262 Å². The molecule has 17 heteroatoms. The van der Waals surface area contributed by atoms with Gasteiger partial charge in [-0.15, -0.1) is 0 Å². The van der Waals surface area contributed by atoms with Gasteiger partial charge in [-0.3, -0.25) is 54.3 Å². The van der Waals surface area contributed by atoms with Gasteiger partial charge in [0.25, 0.3) is 11.8 Å². The molecule has 352 valence electrons. The molecule has 6 heterocycles. The van der Waals surface area contributed by atoms with E-state index in [0.29, 0.717) is 83.5 Å². The van der Waals surface area contributed by atoms with Gasteiger partial charge in [0.15, 0.2) is 0 Å². The average Bonchev–Trinajstić information content (AvgIpc) is 4.10. The van der Waals surface area contributed by atoms with E-state index < -0.39 is 11.8 Å². The number of benzene rings is 5. The minimum Gasteiger partial charge on any atom is -0.464 e. The maximum absolute atomic E-state index is 12.3. The zero-order chi connectivity index (χ0) is 48.9. The fourth-order valence-electron chi connectivity index (χ4n) is 8.69. The summed E-state index contributed by atoms with van der Waals surface area (Å²) in [5.41, 5.74) is 12.9. The van der Waals surface area contributed by atoms with Crippen molar-refractivity contribution in [1.29, 1.82) is 0 Å². The number of imide groups is 3. The first kappa shape index (κ1) is 46.0. The summed E-state index contributed by atoms with van der Waals surface area (Å²) in [7, 11) is 0. The van der Waals surface area contributed by atoms with E-state index >= 15 is 0 Å². The Hall–Kier alpha value is -9.12. The van der Waals surface area contributed by atoms with Crippen LogP contribution in [0.25, 0.3) is 32.9 Å². The summed E-state index contributed by atoms with van der Waals surface area (Å²) < 4.78 is 16.5. The monoisotopic (exact) mass is 940 g/mol. The number of nitrogens with two attached hydrogens (primary N) is 1. The van der Waals surface area contributed by atoms with Gasteiger partial charge in [0.05, 0.1) is 36.5 Å². The van der Waals surface area contributed by atoms with Crippen LogP contribution in [0.2, 0.25) is 0 Å². The first-order valence-corrected chi connectivity index (χ1v) is 22.4. The molecule has 3 aromatic heterocycles. The molecule has 0 radical (unpaired) electrons. The lowest BCUT2D eigenvalue weighted by atomic mass is 9.90. The van der Waals surface area contributed by atoms with Gasteiger partial charge in [0.1, 0.15) is 16.7 Å². The highest BCUT2D eigenvalue weighted by molar-refractivity contribution is 6.08. The summed E-state index contributed by atoms with van der Waals surface area (Å²) in [5.74, 6) is -3.27. The maximum Gasteiger partial charge on any atom is 0.255 e. The van der Waals surface area contributed by atoms with Crippen molar-refractivity contribution in [3.63, 3.8) is 0 Å². The predicted molar refractivity (Wildman–Crippen MR) is 257 cm³/mol. The van der Waals surface area contributed by atoms with Gasteiger partial charge in [-0.25, -0.2) is 0 Å². The molecule has 11 rings (SSSR count). The number of nitrogens with one attached hydrogen (secondary N) is 5. The molecule has 8 amide bonds. The quantitative estimate of drug-likeness (QED) is 0.0657. The average molecular weight is 941 g/mol. The van der Waals surface area contributed by atoms with Crippen LogP contribution < -0.4 is 32.3 Å². The fourth-order valence-corrected chi connectivity index (χ4v) is 8.69. The molecule has 8 aromatic rings. The first-order valence-electron chi connectivity index (χ1n) is 22.4. The van der Waals surface area contributed by atoms with Gasteiger partial charge in [-0.1, -0.05) is 36.4 Å². The number of rotatable bonds is 7. The Bertz CT molecular complexity index is 3190. The summed E-state index contributed by atoms with van der Waals surface area (Å²) in [5, 5.41) is 15.1. The zero-order valence-electron chi connectivity index (χ0n) is 37.2. The number of hydrogen-bond acceptors (Lipinski definition) is 12. The molecule has 3 unspecified atom stereocenters. The van der Waals surface area contributed by atoms with Crippen molar-refractivity contribution in [1.82, 2.24) is 16.0 Å². The van der Waals surface area contributed by atoms with Gasteiger partial charge < -0.3 is 29.6 Å². The lowest BCUT2D eigenvalue weighted by Crippen LogP contribution is -2.39. The van der Waals surface area contributed by atoms with Gasteiger partial charge in [0.2, 0.25) is 35.4 Å². The number of piperidine rings is 3. The minimum atomic E-state index is -0.436. The van der Waals surface area contributed by atoms with Crippen LogP contribution >= 0.6 is 0 Å². The summed E-state index contributed by atoms with van der Waals surface area (Å²) in [4.78, 5) is 94.6. The molecule has 0 saturated carbocycles. The standard InChI is InChI=1S/2C20H16N2O4.C13H12N2O3/c2*23-18-9-7-14(20(25)22-18)16-11-26-17-8-6-13(10-15(16)17)21-19(24)12-4-2-1-3-5-12;14-7-1-3-11-9(5-7)10(6-18-11)8-2-4-12(16)15-13(8)17/h2*1-6,8,10-11,14H,7,9H2,(H,21,24)(H,22,23,25);1,3,5-6,8H,2,4,14H2,(H,15,16,17).